The number of carboxylic acid groups (broad SMARTS) is 1. The lowest BCUT2D eigenvalue weighted by molar-refractivity contribution is -0.136. The Morgan fingerprint density at radius 1 is 1.44 bits per heavy atom. The summed E-state index contributed by atoms with van der Waals surface area (Å²) >= 11 is 5.56. The highest BCUT2D eigenvalue weighted by atomic mass is 35.5. The van der Waals surface area contributed by atoms with Crippen molar-refractivity contribution in [1.82, 2.24) is 10.3 Å². The second-order valence-electron chi connectivity index (χ2n) is 2.89. The molecular formula is C9H10ClN3O3. The van der Waals surface area contributed by atoms with Gasteiger partial charge in [-0.05, 0) is 12.1 Å². The lowest BCUT2D eigenvalue weighted by Gasteiger charge is -2.05. The van der Waals surface area contributed by atoms with Gasteiger partial charge in [-0.1, -0.05) is 11.6 Å². The summed E-state index contributed by atoms with van der Waals surface area (Å²) in [6, 6.07) is 2.64. The number of carbonyl (C=O) groups is 2. The van der Waals surface area contributed by atoms with E-state index < -0.39 is 12.0 Å². The van der Waals surface area contributed by atoms with E-state index in [4.69, 9.17) is 16.7 Å². The summed E-state index contributed by atoms with van der Waals surface area (Å²) in [5.74, 6) is -0.964. The summed E-state index contributed by atoms with van der Waals surface area (Å²) in [5.41, 5.74) is 0.484. The number of hydrogen-bond acceptors (Lipinski definition) is 3. The lowest BCUT2D eigenvalue weighted by atomic mass is 10.4. The van der Waals surface area contributed by atoms with Crippen LogP contribution in [0.5, 0.6) is 0 Å². The largest absolute Gasteiger partial charge is 0.481 e. The smallest absolute Gasteiger partial charge is 0.319 e. The second kappa shape index (κ2) is 5.92. The Morgan fingerprint density at radius 2 is 2.19 bits per heavy atom. The van der Waals surface area contributed by atoms with Gasteiger partial charge in [-0.15, -0.1) is 0 Å². The number of amides is 2. The molecule has 0 saturated heterocycles. The Labute approximate surface area is 96.6 Å². The third-order valence-electron chi connectivity index (χ3n) is 1.61. The van der Waals surface area contributed by atoms with Crippen molar-refractivity contribution in [3.8, 4) is 0 Å². The molecule has 0 atom stereocenters. The zero-order valence-corrected chi connectivity index (χ0v) is 8.99. The van der Waals surface area contributed by atoms with Gasteiger partial charge in [-0.3, -0.25) is 4.79 Å². The fourth-order valence-corrected chi connectivity index (χ4v) is 1.02. The molecule has 0 aromatic carbocycles. The lowest BCUT2D eigenvalue weighted by Crippen LogP contribution is -2.30. The van der Waals surface area contributed by atoms with Crippen LogP contribution in [0.15, 0.2) is 18.3 Å². The van der Waals surface area contributed by atoms with Crippen LogP contribution in [0.3, 0.4) is 0 Å². The van der Waals surface area contributed by atoms with Crippen molar-refractivity contribution in [3.63, 3.8) is 0 Å². The van der Waals surface area contributed by atoms with E-state index in [-0.39, 0.29) is 13.0 Å². The normalized spacial score (nSPS) is 9.56. The fraction of sp³-hybridized carbons (Fsp3) is 0.222. The van der Waals surface area contributed by atoms with Gasteiger partial charge in [-0.2, -0.15) is 0 Å². The Balaban J connectivity index is 2.34. The van der Waals surface area contributed by atoms with Crippen molar-refractivity contribution in [2.24, 2.45) is 0 Å². The molecule has 1 heterocycles. The van der Waals surface area contributed by atoms with E-state index in [9.17, 15) is 9.59 Å². The minimum atomic E-state index is -0.964. The molecule has 1 aromatic heterocycles. The molecule has 0 radical (unpaired) electrons. The molecule has 0 bridgehead atoms. The monoisotopic (exact) mass is 243 g/mol. The van der Waals surface area contributed by atoms with E-state index in [1.54, 1.807) is 6.07 Å². The van der Waals surface area contributed by atoms with Crippen molar-refractivity contribution in [2.45, 2.75) is 6.42 Å². The van der Waals surface area contributed by atoms with Crippen molar-refractivity contribution in [3.05, 3.63) is 23.5 Å². The number of rotatable bonds is 4. The summed E-state index contributed by atoms with van der Waals surface area (Å²) in [6.07, 6.45) is 1.28. The van der Waals surface area contributed by atoms with Gasteiger partial charge >= 0.3 is 12.0 Å². The third-order valence-corrected chi connectivity index (χ3v) is 1.83. The molecule has 1 rings (SSSR count). The van der Waals surface area contributed by atoms with Crippen LogP contribution < -0.4 is 10.6 Å². The minimum Gasteiger partial charge on any atom is -0.481 e. The highest BCUT2D eigenvalue weighted by molar-refractivity contribution is 6.29. The first-order chi connectivity index (χ1) is 7.58. The number of carboxylic acids is 1. The van der Waals surface area contributed by atoms with E-state index in [0.717, 1.165) is 0 Å². The fourth-order valence-electron chi connectivity index (χ4n) is 0.908. The summed E-state index contributed by atoms with van der Waals surface area (Å²) in [6.45, 7) is 0.0716. The highest BCUT2D eigenvalue weighted by Crippen LogP contribution is 2.09. The van der Waals surface area contributed by atoms with Crippen molar-refractivity contribution < 1.29 is 14.7 Å². The number of pyridine rings is 1. The van der Waals surface area contributed by atoms with E-state index >= 15 is 0 Å². The number of hydrogen-bond donors (Lipinski definition) is 3. The molecule has 6 nitrogen and oxygen atoms in total. The van der Waals surface area contributed by atoms with Gasteiger partial charge in [0.1, 0.15) is 5.15 Å². The molecule has 7 heteroatoms. The number of nitrogens with zero attached hydrogens (tertiary/aromatic N) is 1. The van der Waals surface area contributed by atoms with Crippen LogP contribution >= 0.6 is 11.6 Å². The molecule has 0 spiro atoms. The first kappa shape index (κ1) is 12.3. The summed E-state index contributed by atoms with van der Waals surface area (Å²) in [5, 5.41) is 13.5. The molecule has 3 N–H and O–H groups in total. The number of nitrogens with one attached hydrogen (secondary N) is 2. The molecule has 86 valence electrons. The second-order valence-corrected chi connectivity index (χ2v) is 3.28. The molecule has 0 aliphatic rings. The SMILES string of the molecule is O=C(O)CCNC(=O)Nc1ccc(Cl)nc1. The summed E-state index contributed by atoms with van der Waals surface area (Å²) in [7, 11) is 0. The predicted octanol–water partition coefficient (Wildman–Crippen LogP) is 1.33. The van der Waals surface area contributed by atoms with Crippen LogP contribution in [0.4, 0.5) is 10.5 Å². The van der Waals surface area contributed by atoms with E-state index in [0.29, 0.717) is 10.8 Å². The first-order valence-electron chi connectivity index (χ1n) is 4.46. The average molecular weight is 244 g/mol. The summed E-state index contributed by atoms with van der Waals surface area (Å²) in [4.78, 5) is 25.2. The standard InChI is InChI=1S/C9H10ClN3O3/c10-7-2-1-6(5-12-7)13-9(16)11-4-3-8(14)15/h1-2,5H,3-4H2,(H,14,15)(H2,11,13,16). The maximum Gasteiger partial charge on any atom is 0.319 e. The van der Waals surface area contributed by atoms with Crippen molar-refractivity contribution >= 4 is 29.3 Å². The van der Waals surface area contributed by atoms with Gasteiger partial charge in [0.05, 0.1) is 18.3 Å². The van der Waals surface area contributed by atoms with Crippen molar-refractivity contribution in [1.29, 1.82) is 0 Å². The van der Waals surface area contributed by atoms with Gasteiger partial charge < -0.3 is 15.7 Å². The molecule has 0 aliphatic carbocycles. The van der Waals surface area contributed by atoms with Crippen molar-refractivity contribution in [2.75, 3.05) is 11.9 Å². The number of anilines is 1. The predicted molar refractivity (Wildman–Crippen MR) is 58.5 cm³/mol. The molecule has 1 aromatic rings. The van der Waals surface area contributed by atoms with Gasteiger partial charge in [0.25, 0.3) is 0 Å². The zero-order chi connectivity index (χ0) is 12.0. The van der Waals surface area contributed by atoms with E-state index in [1.165, 1.54) is 12.3 Å². The quantitative estimate of drug-likeness (QED) is 0.696. The molecule has 0 saturated carbocycles. The Bertz CT molecular complexity index is 380. The first-order valence-corrected chi connectivity index (χ1v) is 4.84. The zero-order valence-electron chi connectivity index (χ0n) is 8.24. The van der Waals surface area contributed by atoms with E-state index in [1.807, 2.05) is 0 Å². The van der Waals surface area contributed by atoms with Gasteiger partial charge in [-0.25, -0.2) is 9.78 Å². The maximum atomic E-state index is 11.2. The molecular weight excluding hydrogens is 234 g/mol. The molecule has 0 aliphatic heterocycles. The Hall–Kier alpha value is -1.82. The van der Waals surface area contributed by atoms with Crippen LogP contribution in [0.1, 0.15) is 6.42 Å². The molecule has 2 amide bonds. The highest BCUT2D eigenvalue weighted by Gasteiger charge is 2.02. The maximum absolute atomic E-state index is 11.2. The third kappa shape index (κ3) is 4.61. The van der Waals surface area contributed by atoms with Crippen LogP contribution in [-0.2, 0) is 4.79 Å². The van der Waals surface area contributed by atoms with Crippen LogP contribution in [0.2, 0.25) is 5.15 Å². The Morgan fingerprint density at radius 3 is 2.75 bits per heavy atom. The number of carbonyl (C=O) groups excluding carboxylic acids is 1. The molecule has 16 heavy (non-hydrogen) atoms. The molecule has 0 unspecified atom stereocenters. The molecule has 0 fully saturated rings. The average Bonchev–Trinajstić information content (AvgIpc) is 2.21. The van der Waals surface area contributed by atoms with E-state index in [2.05, 4.69) is 15.6 Å². The van der Waals surface area contributed by atoms with Crippen LogP contribution in [0, 0.1) is 0 Å². The summed E-state index contributed by atoms with van der Waals surface area (Å²) < 4.78 is 0. The number of halogens is 1. The Kier molecular flexibility index (Phi) is 4.53. The van der Waals surface area contributed by atoms with Crippen LogP contribution in [-0.4, -0.2) is 28.6 Å². The minimum absolute atomic E-state index is 0.0716. The number of aromatic nitrogens is 1. The van der Waals surface area contributed by atoms with Gasteiger partial charge in [0.2, 0.25) is 0 Å². The topological polar surface area (TPSA) is 91.3 Å². The number of urea groups is 1. The van der Waals surface area contributed by atoms with Gasteiger partial charge in [0.15, 0.2) is 0 Å². The van der Waals surface area contributed by atoms with Gasteiger partial charge in [0, 0.05) is 6.54 Å². The van der Waals surface area contributed by atoms with Crippen LogP contribution in [0.25, 0.3) is 0 Å². The number of aliphatic carboxylic acids is 1.